The molecule has 10 heteroatoms. The van der Waals surface area contributed by atoms with Crippen LogP contribution < -0.4 is 5.32 Å². The summed E-state index contributed by atoms with van der Waals surface area (Å²) in [5, 5.41) is 7.40. The van der Waals surface area contributed by atoms with Crippen LogP contribution in [0.2, 0.25) is 0 Å². The van der Waals surface area contributed by atoms with Crippen LogP contribution in [0.1, 0.15) is 44.6 Å². The Hall–Kier alpha value is -3.14. The van der Waals surface area contributed by atoms with Gasteiger partial charge in [0.2, 0.25) is 5.91 Å². The van der Waals surface area contributed by atoms with Crippen LogP contribution in [0.4, 0.5) is 5.82 Å². The fraction of sp³-hybridized carbons (Fsp3) is 0.409. The first kappa shape index (κ1) is 20.7. The predicted octanol–water partition coefficient (Wildman–Crippen LogP) is 2.70. The number of carbonyl (C=O) groups excluding carboxylic acids is 2. The van der Waals surface area contributed by atoms with Crippen LogP contribution in [-0.4, -0.2) is 45.1 Å². The van der Waals surface area contributed by atoms with E-state index >= 15 is 0 Å². The number of anilines is 1. The Kier molecular flexibility index (Phi) is 5.24. The molecule has 2 aliphatic rings. The molecule has 9 nitrogen and oxygen atoms in total. The van der Waals surface area contributed by atoms with Gasteiger partial charge in [-0.15, -0.1) is 0 Å². The molecule has 0 aliphatic heterocycles. The predicted molar refractivity (Wildman–Crippen MR) is 117 cm³/mol. The summed E-state index contributed by atoms with van der Waals surface area (Å²) in [6.07, 6.45) is 9.43. The molecule has 2 aromatic heterocycles. The van der Waals surface area contributed by atoms with Gasteiger partial charge in [-0.1, -0.05) is 6.07 Å². The van der Waals surface area contributed by atoms with Gasteiger partial charge in [0.15, 0.2) is 15.7 Å². The summed E-state index contributed by atoms with van der Waals surface area (Å²) in [4.78, 5) is 33.4. The summed E-state index contributed by atoms with van der Waals surface area (Å²) in [7, 11) is -3.42. The minimum atomic E-state index is -3.42. The van der Waals surface area contributed by atoms with Crippen LogP contribution in [0.3, 0.4) is 0 Å². The Morgan fingerprint density at radius 1 is 1.19 bits per heavy atom. The van der Waals surface area contributed by atoms with Crippen LogP contribution in [0.25, 0.3) is 10.9 Å². The van der Waals surface area contributed by atoms with E-state index < -0.39 is 15.9 Å². The first-order valence-corrected chi connectivity index (χ1v) is 12.3. The third-order valence-electron chi connectivity index (χ3n) is 6.19. The molecular formula is C22H23N5O4S. The number of rotatable bonds is 7. The molecule has 2 heterocycles. The fourth-order valence-corrected chi connectivity index (χ4v) is 6.25. The van der Waals surface area contributed by atoms with E-state index in [-0.39, 0.29) is 27.8 Å². The Morgan fingerprint density at radius 3 is 2.72 bits per heavy atom. The maximum absolute atomic E-state index is 13.3. The molecule has 5 rings (SSSR count). The highest BCUT2D eigenvalue weighted by molar-refractivity contribution is 7.92. The van der Waals surface area contributed by atoms with Crippen molar-refractivity contribution in [2.24, 2.45) is 5.92 Å². The number of hydrogen-bond acceptors (Lipinski definition) is 7. The van der Waals surface area contributed by atoms with Gasteiger partial charge in [-0.05, 0) is 43.7 Å². The van der Waals surface area contributed by atoms with E-state index in [4.69, 9.17) is 0 Å². The van der Waals surface area contributed by atoms with Crippen LogP contribution in [0.15, 0.2) is 47.9 Å². The SMILES string of the molecule is O=C1CC[C@H](CC(C(=O)Nc2cnccn2)n2ncc3c(S(=O)(=O)C4CC4)cccc32)C1. The summed E-state index contributed by atoms with van der Waals surface area (Å²) < 4.78 is 27.4. The summed E-state index contributed by atoms with van der Waals surface area (Å²) in [5.74, 6) is 0.257. The van der Waals surface area contributed by atoms with Gasteiger partial charge in [-0.25, -0.2) is 13.4 Å². The highest BCUT2D eigenvalue weighted by Crippen LogP contribution is 2.38. The van der Waals surface area contributed by atoms with E-state index in [9.17, 15) is 18.0 Å². The average Bonchev–Trinajstić information content (AvgIpc) is 3.45. The summed E-state index contributed by atoms with van der Waals surface area (Å²) >= 11 is 0. The molecule has 0 spiro atoms. The Morgan fingerprint density at radius 2 is 2.03 bits per heavy atom. The van der Waals surface area contributed by atoms with Crippen molar-refractivity contribution in [1.29, 1.82) is 0 Å². The van der Waals surface area contributed by atoms with Gasteiger partial charge >= 0.3 is 0 Å². The largest absolute Gasteiger partial charge is 0.308 e. The minimum absolute atomic E-state index is 0.0673. The van der Waals surface area contributed by atoms with Gasteiger partial charge in [0, 0.05) is 30.6 Å². The highest BCUT2D eigenvalue weighted by Gasteiger charge is 2.38. The molecule has 3 aromatic rings. The number of sulfone groups is 1. The fourth-order valence-electron chi connectivity index (χ4n) is 4.40. The van der Waals surface area contributed by atoms with E-state index in [0.717, 1.165) is 6.42 Å². The lowest BCUT2D eigenvalue weighted by Crippen LogP contribution is -2.29. The Balaban J connectivity index is 1.53. The van der Waals surface area contributed by atoms with Crippen molar-refractivity contribution in [2.75, 3.05) is 5.32 Å². The van der Waals surface area contributed by atoms with Crippen molar-refractivity contribution < 1.29 is 18.0 Å². The molecule has 2 fully saturated rings. The molecule has 2 saturated carbocycles. The Labute approximate surface area is 185 Å². The van der Waals surface area contributed by atoms with E-state index in [0.29, 0.717) is 48.8 Å². The van der Waals surface area contributed by atoms with Gasteiger partial charge in [-0.2, -0.15) is 5.10 Å². The second kappa shape index (κ2) is 8.09. The monoisotopic (exact) mass is 453 g/mol. The number of fused-ring (bicyclic) bond motifs is 1. The van der Waals surface area contributed by atoms with Gasteiger partial charge in [0.05, 0.1) is 28.1 Å². The van der Waals surface area contributed by atoms with Crippen molar-refractivity contribution in [1.82, 2.24) is 19.7 Å². The highest BCUT2D eigenvalue weighted by atomic mass is 32.2. The van der Waals surface area contributed by atoms with Crippen molar-refractivity contribution in [3.8, 4) is 0 Å². The number of hydrogen-bond donors (Lipinski definition) is 1. The van der Waals surface area contributed by atoms with Gasteiger partial charge in [0.1, 0.15) is 11.8 Å². The van der Waals surface area contributed by atoms with Crippen LogP contribution in [0.5, 0.6) is 0 Å². The number of carbonyl (C=O) groups is 2. The minimum Gasteiger partial charge on any atom is -0.308 e. The van der Waals surface area contributed by atoms with Gasteiger partial charge < -0.3 is 5.32 Å². The lowest BCUT2D eigenvalue weighted by atomic mass is 9.97. The van der Waals surface area contributed by atoms with Crippen molar-refractivity contribution in [3.05, 3.63) is 43.0 Å². The van der Waals surface area contributed by atoms with Gasteiger partial charge in [0.25, 0.3) is 0 Å². The molecule has 2 atom stereocenters. The zero-order valence-corrected chi connectivity index (χ0v) is 18.2. The number of ketones is 1. The molecular weight excluding hydrogens is 430 g/mol. The second-order valence-corrected chi connectivity index (χ2v) is 10.7. The van der Waals surface area contributed by atoms with Crippen LogP contribution in [0, 0.1) is 5.92 Å². The van der Waals surface area contributed by atoms with Crippen LogP contribution >= 0.6 is 0 Å². The maximum atomic E-state index is 13.3. The molecule has 1 N–H and O–H groups in total. The lowest BCUT2D eigenvalue weighted by Gasteiger charge is -2.21. The number of Topliss-reactive ketones (excluding diaryl/α,β-unsaturated/α-hetero) is 1. The second-order valence-electron chi connectivity index (χ2n) is 8.50. The average molecular weight is 454 g/mol. The Bertz CT molecular complexity index is 1280. The molecule has 0 saturated heterocycles. The smallest absolute Gasteiger partial charge is 0.250 e. The normalized spacial score (nSPS) is 19.9. The number of benzene rings is 1. The van der Waals surface area contributed by atoms with E-state index in [1.807, 2.05) is 0 Å². The first-order valence-electron chi connectivity index (χ1n) is 10.7. The molecule has 166 valence electrons. The van der Waals surface area contributed by atoms with Gasteiger partial charge in [-0.3, -0.25) is 19.3 Å². The molecule has 1 aromatic carbocycles. The van der Waals surface area contributed by atoms with E-state index in [2.05, 4.69) is 20.4 Å². The van der Waals surface area contributed by atoms with Crippen molar-refractivity contribution in [3.63, 3.8) is 0 Å². The van der Waals surface area contributed by atoms with Crippen LogP contribution in [-0.2, 0) is 19.4 Å². The number of nitrogens with zero attached hydrogens (tertiary/aromatic N) is 4. The third-order valence-corrected chi connectivity index (χ3v) is 8.51. The topological polar surface area (TPSA) is 124 Å². The lowest BCUT2D eigenvalue weighted by molar-refractivity contribution is -0.120. The number of amides is 1. The molecule has 2 aliphatic carbocycles. The molecule has 1 unspecified atom stereocenters. The summed E-state index contributed by atoms with van der Waals surface area (Å²) in [6, 6.07) is 4.35. The standard InChI is InChI=1S/C22H23N5O4S/c28-15-5-4-14(10-15)11-19(22(29)26-21-13-23-8-9-24-21)27-18-2-1-3-20(17(18)12-25-27)32(30,31)16-6-7-16/h1-3,8-9,12-14,16,19H,4-7,10-11H2,(H,24,26,29)/t14-,19?/m0/s1. The number of aromatic nitrogens is 4. The third kappa shape index (κ3) is 3.90. The molecule has 32 heavy (non-hydrogen) atoms. The molecule has 1 amide bonds. The summed E-state index contributed by atoms with van der Waals surface area (Å²) in [6.45, 7) is 0. The molecule has 0 radical (unpaired) electrons. The van der Waals surface area contributed by atoms with Crippen molar-refractivity contribution in [2.45, 2.75) is 54.7 Å². The summed E-state index contributed by atoms with van der Waals surface area (Å²) in [5.41, 5.74) is 0.579. The van der Waals surface area contributed by atoms with E-state index in [1.165, 1.54) is 24.8 Å². The quantitative estimate of drug-likeness (QED) is 0.583. The maximum Gasteiger partial charge on any atom is 0.250 e. The zero-order valence-electron chi connectivity index (χ0n) is 17.3. The zero-order chi connectivity index (χ0) is 22.3. The van der Waals surface area contributed by atoms with E-state index in [1.54, 1.807) is 22.9 Å². The van der Waals surface area contributed by atoms with Crippen molar-refractivity contribution >= 4 is 38.2 Å². The number of nitrogens with one attached hydrogen (secondary N) is 1. The first-order chi connectivity index (χ1) is 15.4. The molecule has 0 bridgehead atoms.